The van der Waals surface area contributed by atoms with Crippen molar-refractivity contribution in [3.8, 4) is 0 Å². The molecule has 0 spiro atoms. The van der Waals surface area contributed by atoms with E-state index in [1.807, 2.05) is 37.7 Å². The number of carbonyl (C=O) groups is 1. The van der Waals surface area contributed by atoms with E-state index in [2.05, 4.69) is 29.0 Å². The van der Waals surface area contributed by atoms with E-state index in [1.54, 1.807) is 0 Å². The first-order chi connectivity index (χ1) is 8.11. The molecule has 0 saturated carbocycles. The summed E-state index contributed by atoms with van der Waals surface area (Å²) < 4.78 is 0. The van der Waals surface area contributed by atoms with E-state index in [1.165, 1.54) is 5.56 Å². The van der Waals surface area contributed by atoms with Gasteiger partial charge in [-0.1, -0.05) is 12.1 Å². The van der Waals surface area contributed by atoms with Crippen molar-refractivity contribution >= 4 is 23.5 Å². The Hall–Kier alpha value is -1.16. The van der Waals surface area contributed by atoms with Gasteiger partial charge >= 0.3 is 6.03 Å². The molecule has 0 aromatic heterocycles. The highest BCUT2D eigenvalue weighted by Gasteiger charge is 2.02. The average molecular weight is 252 g/mol. The van der Waals surface area contributed by atoms with Crippen LogP contribution >= 0.6 is 11.8 Å². The van der Waals surface area contributed by atoms with Crippen LogP contribution in [0.15, 0.2) is 24.3 Å². The second kappa shape index (κ2) is 7.22. The van der Waals surface area contributed by atoms with Crippen molar-refractivity contribution < 1.29 is 4.79 Å². The molecule has 2 N–H and O–H groups in total. The van der Waals surface area contributed by atoms with Crippen LogP contribution < -0.4 is 10.6 Å². The van der Waals surface area contributed by atoms with E-state index in [0.717, 1.165) is 17.9 Å². The highest BCUT2D eigenvalue weighted by atomic mass is 32.2. The molecule has 94 valence electrons. The normalized spacial score (nSPS) is 10.4. The second-order valence-corrected chi connectivity index (χ2v) is 5.18. The maximum absolute atomic E-state index is 11.5. The molecule has 1 aromatic carbocycles. The van der Waals surface area contributed by atoms with E-state index < -0.39 is 0 Å². The molecule has 1 rings (SSSR count). The maximum Gasteiger partial charge on any atom is 0.319 e. The molecule has 1 aromatic rings. The number of nitrogens with one attached hydrogen (secondary N) is 2. The lowest BCUT2D eigenvalue weighted by atomic mass is 10.1. The molecular weight excluding hydrogens is 232 g/mol. The van der Waals surface area contributed by atoms with Gasteiger partial charge in [-0.05, 0) is 50.0 Å². The SMILES string of the molecule is CSCCc1ccc(NC(=O)NC(C)C)cc1. The summed E-state index contributed by atoms with van der Waals surface area (Å²) >= 11 is 1.84. The van der Waals surface area contributed by atoms with Crippen LogP contribution in [0.3, 0.4) is 0 Å². The molecule has 2 amide bonds. The number of urea groups is 1. The van der Waals surface area contributed by atoms with E-state index in [4.69, 9.17) is 0 Å². The predicted octanol–water partition coefficient (Wildman–Crippen LogP) is 3.12. The second-order valence-electron chi connectivity index (χ2n) is 4.19. The Bertz CT molecular complexity index is 349. The quantitative estimate of drug-likeness (QED) is 0.845. The first-order valence-corrected chi connectivity index (χ1v) is 7.16. The van der Waals surface area contributed by atoms with Crippen molar-refractivity contribution in [1.29, 1.82) is 0 Å². The molecule has 0 aliphatic heterocycles. The van der Waals surface area contributed by atoms with Crippen LogP contribution in [-0.2, 0) is 6.42 Å². The summed E-state index contributed by atoms with van der Waals surface area (Å²) in [6.45, 7) is 3.87. The van der Waals surface area contributed by atoms with Gasteiger partial charge < -0.3 is 10.6 Å². The van der Waals surface area contributed by atoms with Crippen molar-refractivity contribution in [3.63, 3.8) is 0 Å². The van der Waals surface area contributed by atoms with Gasteiger partial charge in [-0.15, -0.1) is 0 Å². The van der Waals surface area contributed by atoms with Crippen molar-refractivity contribution in [2.75, 3.05) is 17.3 Å². The topological polar surface area (TPSA) is 41.1 Å². The summed E-state index contributed by atoms with van der Waals surface area (Å²) in [5.74, 6) is 1.13. The molecule has 0 saturated heterocycles. The van der Waals surface area contributed by atoms with Gasteiger partial charge in [0.25, 0.3) is 0 Å². The summed E-state index contributed by atoms with van der Waals surface area (Å²) in [4.78, 5) is 11.5. The lowest BCUT2D eigenvalue weighted by Gasteiger charge is -2.10. The summed E-state index contributed by atoms with van der Waals surface area (Å²) in [6.07, 6.45) is 3.17. The third kappa shape index (κ3) is 5.63. The molecule has 0 bridgehead atoms. The molecule has 0 aliphatic carbocycles. The van der Waals surface area contributed by atoms with Crippen molar-refractivity contribution in [2.45, 2.75) is 26.3 Å². The number of rotatable bonds is 5. The lowest BCUT2D eigenvalue weighted by Crippen LogP contribution is -2.34. The first kappa shape index (κ1) is 13.9. The summed E-state index contributed by atoms with van der Waals surface area (Å²) in [7, 11) is 0. The van der Waals surface area contributed by atoms with Crippen LogP contribution in [0.4, 0.5) is 10.5 Å². The smallest absolute Gasteiger partial charge is 0.319 e. The number of anilines is 1. The fourth-order valence-corrected chi connectivity index (χ4v) is 1.84. The van der Waals surface area contributed by atoms with Gasteiger partial charge in [-0.2, -0.15) is 11.8 Å². The third-order valence-electron chi connectivity index (χ3n) is 2.23. The number of amides is 2. The molecule has 4 heteroatoms. The van der Waals surface area contributed by atoms with E-state index >= 15 is 0 Å². The Morgan fingerprint density at radius 2 is 1.94 bits per heavy atom. The van der Waals surface area contributed by atoms with E-state index in [9.17, 15) is 4.79 Å². The number of thioether (sulfide) groups is 1. The van der Waals surface area contributed by atoms with Gasteiger partial charge in [-0.3, -0.25) is 0 Å². The standard InChI is InChI=1S/C13H20N2OS/c1-10(2)14-13(16)15-12-6-4-11(5-7-12)8-9-17-3/h4-7,10H,8-9H2,1-3H3,(H2,14,15,16). The van der Waals surface area contributed by atoms with Crippen molar-refractivity contribution in [2.24, 2.45) is 0 Å². The van der Waals surface area contributed by atoms with Gasteiger partial charge in [0.1, 0.15) is 0 Å². The zero-order chi connectivity index (χ0) is 12.7. The van der Waals surface area contributed by atoms with Gasteiger partial charge in [-0.25, -0.2) is 4.79 Å². The van der Waals surface area contributed by atoms with E-state index in [0.29, 0.717) is 0 Å². The zero-order valence-electron chi connectivity index (χ0n) is 10.6. The molecule has 0 heterocycles. The molecule has 0 fully saturated rings. The van der Waals surface area contributed by atoms with Crippen LogP contribution in [0.5, 0.6) is 0 Å². The molecule has 0 aliphatic rings. The number of aryl methyl sites for hydroxylation is 1. The molecular formula is C13H20N2OS. The maximum atomic E-state index is 11.5. The summed E-state index contributed by atoms with van der Waals surface area (Å²) in [5, 5.41) is 5.59. The molecule has 0 atom stereocenters. The number of hydrogen-bond acceptors (Lipinski definition) is 2. The van der Waals surface area contributed by atoms with Crippen LogP contribution in [0, 0.1) is 0 Å². The van der Waals surface area contributed by atoms with Gasteiger partial charge in [0.2, 0.25) is 0 Å². The van der Waals surface area contributed by atoms with Crippen molar-refractivity contribution in [3.05, 3.63) is 29.8 Å². The Labute approximate surface area is 107 Å². The third-order valence-corrected chi connectivity index (χ3v) is 2.84. The Morgan fingerprint density at radius 1 is 1.29 bits per heavy atom. The Morgan fingerprint density at radius 3 is 2.47 bits per heavy atom. The van der Waals surface area contributed by atoms with Crippen LogP contribution in [0.25, 0.3) is 0 Å². The number of hydrogen-bond donors (Lipinski definition) is 2. The average Bonchev–Trinajstić information content (AvgIpc) is 2.27. The molecule has 0 radical (unpaired) electrons. The summed E-state index contributed by atoms with van der Waals surface area (Å²) in [6, 6.07) is 7.99. The zero-order valence-corrected chi connectivity index (χ0v) is 11.4. The van der Waals surface area contributed by atoms with E-state index in [-0.39, 0.29) is 12.1 Å². The Balaban J connectivity index is 2.47. The van der Waals surface area contributed by atoms with Crippen LogP contribution in [0.1, 0.15) is 19.4 Å². The minimum absolute atomic E-state index is 0.149. The lowest BCUT2D eigenvalue weighted by molar-refractivity contribution is 0.250. The summed E-state index contributed by atoms with van der Waals surface area (Å²) in [5.41, 5.74) is 2.13. The van der Waals surface area contributed by atoms with Crippen molar-refractivity contribution in [1.82, 2.24) is 5.32 Å². The number of carbonyl (C=O) groups excluding carboxylic acids is 1. The minimum atomic E-state index is -0.156. The first-order valence-electron chi connectivity index (χ1n) is 5.77. The highest BCUT2D eigenvalue weighted by molar-refractivity contribution is 7.98. The van der Waals surface area contributed by atoms with Gasteiger partial charge in [0.05, 0.1) is 0 Å². The van der Waals surface area contributed by atoms with Gasteiger partial charge in [0, 0.05) is 11.7 Å². The minimum Gasteiger partial charge on any atom is -0.336 e. The molecule has 0 unspecified atom stereocenters. The van der Waals surface area contributed by atoms with Gasteiger partial charge in [0.15, 0.2) is 0 Å². The van der Waals surface area contributed by atoms with Crippen LogP contribution in [0.2, 0.25) is 0 Å². The van der Waals surface area contributed by atoms with Crippen LogP contribution in [-0.4, -0.2) is 24.1 Å². The Kier molecular flexibility index (Phi) is 5.91. The fraction of sp³-hybridized carbons (Fsp3) is 0.462. The molecule has 17 heavy (non-hydrogen) atoms. The predicted molar refractivity (Wildman–Crippen MR) is 75.8 cm³/mol. The fourth-order valence-electron chi connectivity index (χ4n) is 1.40. The molecule has 3 nitrogen and oxygen atoms in total. The number of benzene rings is 1. The monoisotopic (exact) mass is 252 g/mol. The largest absolute Gasteiger partial charge is 0.336 e. The highest BCUT2D eigenvalue weighted by Crippen LogP contribution is 2.11.